The Morgan fingerprint density at radius 2 is 1.54 bits per heavy atom. The molecule has 3 aliphatic rings. The molecule has 1 aromatic heterocycles. The van der Waals surface area contributed by atoms with Gasteiger partial charge in [0.15, 0.2) is 5.25 Å². The van der Waals surface area contributed by atoms with E-state index in [4.69, 9.17) is 0 Å². The topological polar surface area (TPSA) is 90.0 Å². The number of rotatable bonds is 4. The van der Waals surface area contributed by atoms with Gasteiger partial charge in [-0.2, -0.15) is 0 Å². The highest BCUT2D eigenvalue weighted by Gasteiger charge is 2.41. The molecular formula is C25H30N6O3S. The first-order valence-electron chi connectivity index (χ1n) is 12.3. The average molecular weight is 495 g/mol. The van der Waals surface area contributed by atoms with E-state index in [0.717, 1.165) is 30.6 Å². The minimum Gasteiger partial charge on any atom is -0.341 e. The van der Waals surface area contributed by atoms with E-state index in [1.54, 1.807) is 23.4 Å². The fraction of sp³-hybridized carbons (Fsp3) is 0.480. The lowest BCUT2D eigenvalue weighted by Gasteiger charge is -2.38. The smallest absolute Gasteiger partial charge is 0.250 e. The zero-order valence-electron chi connectivity index (χ0n) is 19.7. The van der Waals surface area contributed by atoms with Crippen molar-refractivity contribution in [3.63, 3.8) is 0 Å². The van der Waals surface area contributed by atoms with Gasteiger partial charge >= 0.3 is 0 Å². The van der Waals surface area contributed by atoms with Crippen molar-refractivity contribution in [1.29, 1.82) is 0 Å². The number of carbonyl (C=O) groups excluding carboxylic acids is 3. The zero-order valence-corrected chi connectivity index (χ0v) is 20.5. The lowest BCUT2D eigenvalue weighted by atomic mass is 10.2. The molecule has 1 atom stereocenters. The third-order valence-corrected chi connectivity index (χ3v) is 8.03. The third-order valence-electron chi connectivity index (χ3n) is 6.79. The molecule has 0 radical (unpaired) electrons. The number of amides is 3. The van der Waals surface area contributed by atoms with Crippen molar-refractivity contribution < 1.29 is 14.4 Å². The van der Waals surface area contributed by atoms with Crippen molar-refractivity contribution in [1.82, 2.24) is 19.8 Å². The summed E-state index contributed by atoms with van der Waals surface area (Å²) in [6, 6.07) is 9.32. The predicted octanol–water partition coefficient (Wildman–Crippen LogP) is 2.04. The van der Waals surface area contributed by atoms with Crippen LogP contribution in [-0.2, 0) is 14.4 Å². The van der Waals surface area contributed by atoms with Gasteiger partial charge in [-0.3, -0.25) is 14.4 Å². The summed E-state index contributed by atoms with van der Waals surface area (Å²) in [5.41, 5.74) is 0.701. The van der Waals surface area contributed by atoms with Crippen molar-refractivity contribution >= 4 is 41.1 Å². The second kappa shape index (κ2) is 10.6. The average Bonchev–Trinajstić information content (AvgIpc) is 3.20. The van der Waals surface area contributed by atoms with Crippen LogP contribution in [0.3, 0.4) is 0 Å². The number of piperazine rings is 1. The molecule has 4 heterocycles. The number of likely N-dealkylation sites (tertiary alicyclic amines) is 1. The number of nitrogens with zero attached hydrogens (tertiary/aromatic N) is 6. The van der Waals surface area contributed by atoms with Gasteiger partial charge in [0, 0.05) is 56.6 Å². The van der Waals surface area contributed by atoms with Gasteiger partial charge in [-0.05, 0) is 31.0 Å². The Kier molecular flexibility index (Phi) is 7.17. The summed E-state index contributed by atoms with van der Waals surface area (Å²) in [5, 5.41) is -0.845. The molecule has 35 heavy (non-hydrogen) atoms. The van der Waals surface area contributed by atoms with Crippen molar-refractivity contribution in [2.24, 2.45) is 0 Å². The Morgan fingerprint density at radius 3 is 2.26 bits per heavy atom. The van der Waals surface area contributed by atoms with Gasteiger partial charge in [0.1, 0.15) is 6.54 Å². The number of fused-ring (bicyclic) bond motifs is 1. The highest BCUT2D eigenvalue weighted by molar-refractivity contribution is 8.01. The van der Waals surface area contributed by atoms with Crippen LogP contribution in [0.15, 0.2) is 47.6 Å². The van der Waals surface area contributed by atoms with Gasteiger partial charge in [0.25, 0.3) is 5.91 Å². The molecular weight excluding hydrogens is 464 g/mol. The maximum atomic E-state index is 13.6. The largest absolute Gasteiger partial charge is 0.341 e. The minimum atomic E-state index is -0.845. The number of hydrogen-bond acceptors (Lipinski definition) is 7. The van der Waals surface area contributed by atoms with Gasteiger partial charge in [-0.15, -0.1) is 11.8 Å². The summed E-state index contributed by atoms with van der Waals surface area (Å²) in [5.74, 6) is 0.110. The zero-order chi connectivity index (χ0) is 24.2. The molecule has 2 fully saturated rings. The Morgan fingerprint density at radius 1 is 0.857 bits per heavy atom. The van der Waals surface area contributed by atoms with Gasteiger partial charge in [0.05, 0.1) is 5.69 Å². The highest BCUT2D eigenvalue weighted by Crippen LogP contribution is 2.40. The van der Waals surface area contributed by atoms with Crippen molar-refractivity contribution in [3.8, 4) is 0 Å². The van der Waals surface area contributed by atoms with E-state index in [0.29, 0.717) is 50.9 Å². The fourth-order valence-corrected chi connectivity index (χ4v) is 6.03. The monoisotopic (exact) mass is 494 g/mol. The molecule has 5 rings (SSSR count). The summed E-state index contributed by atoms with van der Waals surface area (Å²) < 4.78 is 0. The second-order valence-corrected chi connectivity index (χ2v) is 10.2. The Labute approximate surface area is 209 Å². The van der Waals surface area contributed by atoms with E-state index < -0.39 is 5.25 Å². The normalized spacial score (nSPS) is 20.9. The van der Waals surface area contributed by atoms with Crippen LogP contribution in [0.2, 0.25) is 0 Å². The van der Waals surface area contributed by atoms with Crippen LogP contribution in [0.4, 0.5) is 11.6 Å². The number of aromatic nitrogens is 2. The molecule has 0 N–H and O–H groups in total. The summed E-state index contributed by atoms with van der Waals surface area (Å²) in [6.07, 6.45) is 7.58. The van der Waals surface area contributed by atoms with Crippen LogP contribution in [0.25, 0.3) is 0 Å². The number of thioether (sulfide) groups is 1. The molecule has 9 nitrogen and oxygen atoms in total. The lowest BCUT2D eigenvalue weighted by Crippen LogP contribution is -2.55. The molecule has 184 valence electrons. The summed E-state index contributed by atoms with van der Waals surface area (Å²) in [4.78, 5) is 56.8. The predicted molar refractivity (Wildman–Crippen MR) is 134 cm³/mol. The van der Waals surface area contributed by atoms with Crippen LogP contribution in [0.1, 0.15) is 25.7 Å². The van der Waals surface area contributed by atoms with Crippen molar-refractivity contribution in [2.45, 2.75) is 35.8 Å². The van der Waals surface area contributed by atoms with Gasteiger partial charge in [-0.1, -0.05) is 25.0 Å². The molecule has 0 spiro atoms. The highest BCUT2D eigenvalue weighted by atomic mass is 32.2. The second-order valence-electron chi connectivity index (χ2n) is 9.05. The van der Waals surface area contributed by atoms with Crippen molar-refractivity contribution in [3.05, 3.63) is 42.7 Å². The van der Waals surface area contributed by atoms with Gasteiger partial charge < -0.3 is 19.6 Å². The van der Waals surface area contributed by atoms with Crippen LogP contribution in [0, 0.1) is 0 Å². The molecule has 10 heteroatoms. The fourth-order valence-electron chi connectivity index (χ4n) is 4.84. The number of anilines is 2. The van der Waals surface area contributed by atoms with E-state index in [-0.39, 0.29) is 24.3 Å². The van der Waals surface area contributed by atoms with Gasteiger partial charge in [0.2, 0.25) is 17.8 Å². The number of hydrogen-bond donors (Lipinski definition) is 0. The quantitative estimate of drug-likeness (QED) is 0.601. The molecule has 3 aliphatic heterocycles. The molecule has 2 saturated heterocycles. The van der Waals surface area contributed by atoms with E-state index in [2.05, 4.69) is 14.9 Å². The first kappa shape index (κ1) is 23.6. The maximum Gasteiger partial charge on any atom is 0.250 e. The summed E-state index contributed by atoms with van der Waals surface area (Å²) >= 11 is 1.31. The first-order chi connectivity index (χ1) is 17.1. The Bertz CT molecular complexity index is 1070. The molecule has 1 unspecified atom stereocenters. The first-order valence-corrected chi connectivity index (χ1v) is 13.2. The number of benzene rings is 1. The Hall–Kier alpha value is -3.14. The standard InChI is InChI=1S/C25H30N6O3S/c32-21(28-14-16-30(17-15-28)25-26-10-7-11-27-25)18-31-19-8-3-4-9-20(19)35-22(24(31)34)23(33)29-12-5-1-2-6-13-29/h3-4,7-11,22H,1-2,5-6,12-18H2. The summed E-state index contributed by atoms with van der Waals surface area (Å²) in [6.45, 7) is 3.65. The number of carbonyl (C=O) groups is 3. The molecule has 2 aromatic rings. The van der Waals surface area contributed by atoms with Gasteiger partial charge in [-0.25, -0.2) is 9.97 Å². The van der Waals surface area contributed by atoms with E-state index in [1.807, 2.05) is 29.2 Å². The van der Waals surface area contributed by atoms with Crippen LogP contribution in [0.5, 0.6) is 0 Å². The van der Waals surface area contributed by atoms with E-state index in [1.165, 1.54) is 16.7 Å². The minimum absolute atomic E-state index is 0.0674. The molecule has 0 bridgehead atoms. The van der Waals surface area contributed by atoms with Crippen LogP contribution in [-0.4, -0.2) is 88.6 Å². The lowest BCUT2D eigenvalue weighted by molar-refractivity contribution is -0.136. The summed E-state index contributed by atoms with van der Waals surface area (Å²) in [7, 11) is 0. The molecule has 1 aromatic carbocycles. The van der Waals surface area contributed by atoms with Crippen LogP contribution < -0.4 is 9.80 Å². The molecule has 0 saturated carbocycles. The third kappa shape index (κ3) is 5.12. The van der Waals surface area contributed by atoms with E-state index in [9.17, 15) is 14.4 Å². The maximum absolute atomic E-state index is 13.6. The van der Waals surface area contributed by atoms with E-state index >= 15 is 0 Å². The molecule has 3 amide bonds. The van der Waals surface area contributed by atoms with Crippen LogP contribution >= 0.6 is 11.8 Å². The Balaban J connectivity index is 1.28. The SMILES string of the molecule is O=C(CN1C(=O)C(C(=O)N2CCCCCC2)Sc2ccccc21)N1CCN(c2ncccn2)CC1. The molecule has 0 aliphatic carbocycles. The number of para-hydroxylation sites is 1. The van der Waals surface area contributed by atoms with Crippen molar-refractivity contribution in [2.75, 3.05) is 55.6 Å².